The molecular weight excluding hydrogens is 381 g/mol. The van der Waals surface area contributed by atoms with Crippen LogP contribution in [0.2, 0.25) is 0 Å². The number of hydrogen-bond acceptors (Lipinski definition) is 3. The van der Waals surface area contributed by atoms with Crippen LogP contribution in [-0.4, -0.2) is 53.8 Å². The molecule has 1 heterocycles. The zero-order valence-electron chi connectivity index (χ0n) is 18.6. The molecule has 1 aromatic rings. The van der Waals surface area contributed by atoms with Gasteiger partial charge >= 0.3 is 0 Å². The van der Waals surface area contributed by atoms with Gasteiger partial charge in [0.25, 0.3) is 0 Å². The van der Waals surface area contributed by atoms with Crippen molar-refractivity contribution in [2.45, 2.75) is 65.5 Å². The molecule has 5 nitrogen and oxygen atoms in total. The Balaban J connectivity index is 1.59. The van der Waals surface area contributed by atoms with Gasteiger partial charge in [0.2, 0.25) is 11.8 Å². The first-order valence-corrected chi connectivity index (χ1v) is 11.3. The molecule has 1 N–H and O–H groups in total. The van der Waals surface area contributed by atoms with Crippen LogP contribution in [0.15, 0.2) is 24.3 Å². The Morgan fingerprint density at radius 2 is 1.67 bits per heavy atom. The van der Waals surface area contributed by atoms with Crippen LogP contribution >= 0.6 is 0 Å². The highest BCUT2D eigenvalue weighted by Crippen LogP contribution is 2.31. The van der Waals surface area contributed by atoms with Gasteiger partial charge in [-0.05, 0) is 41.9 Å². The Bertz CT molecular complexity index is 715. The van der Waals surface area contributed by atoms with E-state index < -0.39 is 0 Å². The molecule has 3 rings (SSSR count). The van der Waals surface area contributed by atoms with E-state index in [0.29, 0.717) is 32.0 Å². The van der Waals surface area contributed by atoms with Crippen LogP contribution < -0.4 is 5.32 Å². The lowest BCUT2D eigenvalue weighted by molar-refractivity contribution is -0.136. The molecule has 1 aliphatic heterocycles. The normalized spacial score (nSPS) is 19.7. The quantitative estimate of drug-likeness (QED) is 0.770. The molecule has 1 aliphatic carbocycles. The van der Waals surface area contributed by atoms with Gasteiger partial charge < -0.3 is 10.2 Å². The molecule has 0 spiro atoms. The standard InChI is InChI=1S/C24H36FN3O2/c1-24(2,3)16-21(29)27-12-14-28(15-13-27)22(19-6-4-5-7-19)23(30)26-17-18-8-10-20(25)11-9-18/h8-11,19,22H,4-7,12-17H2,1-3H3,(H,26,30). The second-order valence-corrected chi connectivity index (χ2v) is 9.99. The van der Waals surface area contributed by atoms with Gasteiger partial charge in [0.1, 0.15) is 5.82 Å². The Hall–Kier alpha value is -1.95. The summed E-state index contributed by atoms with van der Waals surface area (Å²) in [5, 5.41) is 3.07. The first kappa shape index (κ1) is 22.7. The van der Waals surface area contributed by atoms with Crippen LogP contribution in [0.4, 0.5) is 4.39 Å². The van der Waals surface area contributed by atoms with Gasteiger partial charge in [0.15, 0.2) is 0 Å². The van der Waals surface area contributed by atoms with Gasteiger partial charge in [-0.2, -0.15) is 0 Å². The van der Waals surface area contributed by atoms with Crippen LogP contribution in [0.1, 0.15) is 58.4 Å². The van der Waals surface area contributed by atoms with Crippen molar-refractivity contribution in [1.82, 2.24) is 15.1 Å². The van der Waals surface area contributed by atoms with Gasteiger partial charge in [-0.15, -0.1) is 0 Å². The molecule has 0 aromatic heterocycles. The van der Waals surface area contributed by atoms with Crippen LogP contribution in [-0.2, 0) is 16.1 Å². The van der Waals surface area contributed by atoms with Crippen molar-refractivity contribution in [3.8, 4) is 0 Å². The highest BCUT2D eigenvalue weighted by Gasteiger charge is 2.37. The van der Waals surface area contributed by atoms with E-state index in [-0.39, 0.29) is 29.1 Å². The Morgan fingerprint density at radius 1 is 1.07 bits per heavy atom. The molecule has 6 heteroatoms. The average Bonchev–Trinajstić information content (AvgIpc) is 3.21. The lowest BCUT2D eigenvalue weighted by Crippen LogP contribution is -2.58. The SMILES string of the molecule is CC(C)(C)CC(=O)N1CCN(C(C(=O)NCc2ccc(F)cc2)C2CCCC2)CC1. The molecule has 2 aliphatic rings. The minimum atomic E-state index is -0.271. The number of amides is 2. The highest BCUT2D eigenvalue weighted by atomic mass is 19.1. The number of nitrogens with one attached hydrogen (secondary N) is 1. The molecule has 2 fully saturated rings. The highest BCUT2D eigenvalue weighted by molar-refractivity contribution is 5.82. The van der Waals surface area contributed by atoms with Crippen LogP contribution in [0, 0.1) is 17.2 Å². The van der Waals surface area contributed by atoms with Crippen molar-refractivity contribution in [2.24, 2.45) is 11.3 Å². The minimum Gasteiger partial charge on any atom is -0.351 e. The van der Waals surface area contributed by atoms with E-state index in [1.165, 1.54) is 25.0 Å². The zero-order chi connectivity index (χ0) is 21.7. The first-order valence-electron chi connectivity index (χ1n) is 11.3. The third-order valence-electron chi connectivity index (χ3n) is 6.24. The third-order valence-corrected chi connectivity index (χ3v) is 6.24. The van der Waals surface area contributed by atoms with Crippen molar-refractivity contribution < 1.29 is 14.0 Å². The summed E-state index contributed by atoms with van der Waals surface area (Å²) < 4.78 is 13.1. The summed E-state index contributed by atoms with van der Waals surface area (Å²) in [6, 6.07) is 6.11. The fourth-order valence-electron chi connectivity index (χ4n) is 4.66. The van der Waals surface area contributed by atoms with E-state index in [9.17, 15) is 14.0 Å². The number of benzene rings is 1. The molecule has 1 saturated carbocycles. The number of piperazine rings is 1. The van der Waals surface area contributed by atoms with Gasteiger partial charge in [-0.1, -0.05) is 45.7 Å². The van der Waals surface area contributed by atoms with E-state index in [2.05, 4.69) is 31.0 Å². The number of halogens is 1. The van der Waals surface area contributed by atoms with Gasteiger partial charge in [0, 0.05) is 39.1 Å². The maximum absolute atomic E-state index is 13.2. The molecule has 1 aromatic carbocycles. The average molecular weight is 418 g/mol. The predicted octanol–water partition coefficient (Wildman–Crippen LogP) is 3.58. The summed E-state index contributed by atoms with van der Waals surface area (Å²) in [5.41, 5.74) is 0.883. The molecule has 30 heavy (non-hydrogen) atoms. The Kier molecular flexibility index (Phi) is 7.50. The number of carbonyl (C=O) groups excluding carboxylic acids is 2. The van der Waals surface area contributed by atoms with Crippen molar-refractivity contribution in [3.63, 3.8) is 0 Å². The van der Waals surface area contributed by atoms with Crippen molar-refractivity contribution in [3.05, 3.63) is 35.6 Å². The monoisotopic (exact) mass is 417 g/mol. The van der Waals surface area contributed by atoms with E-state index in [0.717, 1.165) is 31.5 Å². The number of carbonyl (C=O) groups is 2. The fourth-order valence-corrected chi connectivity index (χ4v) is 4.66. The zero-order valence-corrected chi connectivity index (χ0v) is 18.6. The van der Waals surface area contributed by atoms with E-state index in [1.807, 2.05) is 4.90 Å². The van der Waals surface area contributed by atoms with E-state index in [4.69, 9.17) is 0 Å². The van der Waals surface area contributed by atoms with Gasteiger partial charge in [0.05, 0.1) is 6.04 Å². The predicted molar refractivity (Wildman–Crippen MR) is 116 cm³/mol. The Labute approximate surface area is 180 Å². The first-order chi connectivity index (χ1) is 14.2. The second kappa shape index (κ2) is 9.90. The molecule has 0 bridgehead atoms. The summed E-state index contributed by atoms with van der Waals surface area (Å²) in [4.78, 5) is 30.0. The smallest absolute Gasteiger partial charge is 0.237 e. The molecular formula is C24H36FN3O2. The van der Waals surface area contributed by atoms with Crippen molar-refractivity contribution in [1.29, 1.82) is 0 Å². The summed E-state index contributed by atoms with van der Waals surface area (Å²) in [7, 11) is 0. The topological polar surface area (TPSA) is 52.7 Å². The lowest BCUT2D eigenvalue weighted by Gasteiger charge is -2.41. The minimum absolute atomic E-state index is 0.0131. The largest absolute Gasteiger partial charge is 0.351 e. The number of rotatable bonds is 6. The number of hydrogen-bond donors (Lipinski definition) is 1. The number of nitrogens with zero attached hydrogens (tertiary/aromatic N) is 2. The maximum atomic E-state index is 13.2. The van der Waals surface area contributed by atoms with E-state index in [1.54, 1.807) is 12.1 Å². The van der Waals surface area contributed by atoms with Crippen LogP contribution in [0.25, 0.3) is 0 Å². The maximum Gasteiger partial charge on any atom is 0.237 e. The summed E-state index contributed by atoms with van der Waals surface area (Å²) in [6.45, 7) is 9.51. The molecule has 0 radical (unpaired) electrons. The second-order valence-electron chi connectivity index (χ2n) is 9.99. The van der Waals surface area contributed by atoms with Crippen LogP contribution in [0.5, 0.6) is 0 Å². The molecule has 1 atom stereocenters. The van der Waals surface area contributed by atoms with Gasteiger partial charge in [-0.25, -0.2) is 4.39 Å². The van der Waals surface area contributed by atoms with Crippen molar-refractivity contribution in [2.75, 3.05) is 26.2 Å². The Morgan fingerprint density at radius 3 is 2.23 bits per heavy atom. The summed E-state index contributed by atoms with van der Waals surface area (Å²) in [6.07, 6.45) is 5.07. The van der Waals surface area contributed by atoms with Gasteiger partial charge in [-0.3, -0.25) is 14.5 Å². The van der Waals surface area contributed by atoms with E-state index >= 15 is 0 Å². The summed E-state index contributed by atoms with van der Waals surface area (Å²) >= 11 is 0. The third kappa shape index (κ3) is 6.27. The van der Waals surface area contributed by atoms with Crippen molar-refractivity contribution >= 4 is 11.8 Å². The van der Waals surface area contributed by atoms with Crippen LogP contribution in [0.3, 0.4) is 0 Å². The molecule has 1 saturated heterocycles. The molecule has 166 valence electrons. The summed E-state index contributed by atoms with van der Waals surface area (Å²) in [5.74, 6) is 0.365. The molecule has 2 amide bonds. The fraction of sp³-hybridized carbons (Fsp3) is 0.667. The lowest BCUT2D eigenvalue weighted by atomic mass is 9.91. The molecule has 1 unspecified atom stereocenters.